The van der Waals surface area contributed by atoms with E-state index in [1.807, 2.05) is 0 Å². The van der Waals surface area contributed by atoms with Crippen LogP contribution in [0.3, 0.4) is 0 Å². The van der Waals surface area contributed by atoms with E-state index in [4.69, 9.17) is 9.57 Å². The summed E-state index contributed by atoms with van der Waals surface area (Å²) in [6.07, 6.45) is 3.38. The Hall–Kier alpha value is -1.30. The van der Waals surface area contributed by atoms with Crippen LogP contribution >= 0.6 is 0 Å². The van der Waals surface area contributed by atoms with Gasteiger partial charge in [-0.1, -0.05) is 19.3 Å². The van der Waals surface area contributed by atoms with Gasteiger partial charge in [0.2, 0.25) is 0 Å². The number of hydrogen-bond donors (Lipinski definition) is 1. The summed E-state index contributed by atoms with van der Waals surface area (Å²) in [7, 11) is 0. The van der Waals surface area contributed by atoms with Crippen LogP contribution in [0, 0.1) is 11.1 Å². The molecule has 1 saturated carbocycles. The van der Waals surface area contributed by atoms with Crippen molar-refractivity contribution in [3.63, 3.8) is 0 Å². The van der Waals surface area contributed by atoms with Gasteiger partial charge in [0, 0.05) is 0 Å². The van der Waals surface area contributed by atoms with Gasteiger partial charge in [0.05, 0.1) is 11.5 Å². The number of nitrogens with zero attached hydrogens (tertiary/aromatic N) is 1. The minimum absolute atomic E-state index is 0.127. The van der Waals surface area contributed by atoms with Crippen LogP contribution in [-0.2, 0) is 14.4 Å². The summed E-state index contributed by atoms with van der Waals surface area (Å²) in [4.78, 5) is 16.8. The van der Waals surface area contributed by atoms with Crippen molar-refractivity contribution in [1.29, 1.82) is 0 Å². The molecular weight excluding hydrogens is 238 g/mol. The maximum absolute atomic E-state index is 11.6. The number of aliphatic hydroxyl groups excluding tert-OH is 1. The average molecular weight is 257 g/mol. The Morgan fingerprint density at radius 3 is 2.78 bits per heavy atom. The second-order valence-electron chi connectivity index (χ2n) is 4.78. The highest BCUT2D eigenvalue weighted by atomic mass is 16.9. The quantitative estimate of drug-likeness (QED) is 0.596. The van der Waals surface area contributed by atoms with Crippen molar-refractivity contribution in [2.45, 2.75) is 51.2 Å². The molecule has 1 N–H and O–H groups in total. The van der Waals surface area contributed by atoms with Crippen molar-refractivity contribution < 1.29 is 24.4 Å². The van der Waals surface area contributed by atoms with Gasteiger partial charge in [-0.2, -0.15) is 0 Å². The van der Waals surface area contributed by atoms with Crippen molar-refractivity contribution in [2.24, 2.45) is 5.92 Å². The van der Waals surface area contributed by atoms with Gasteiger partial charge in [-0.3, -0.25) is 5.21 Å². The van der Waals surface area contributed by atoms with Gasteiger partial charge in [0.1, 0.15) is 6.10 Å². The highest BCUT2D eigenvalue weighted by molar-refractivity contribution is 6.36. The fourth-order valence-electron chi connectivity index (χ4n) is 2.70. The number of rotatable bonds is 3. The van der Waals surface area contributed by atoms with Crippen molar-refractivity contribution in [3.05, 3.63) is 5.21 Å². The van der Waals surface area contributed by atoms with Crippen LogP contribution < -0.4 is 0 Å². The molecule has 0 aromatic heterocycles. The van der Waals surface area contributed by atoms with Gasteiger partial charge >= 0.3 is 11.7 Å². The van der Waals surface area contributed by atoms with Gasteiger partial charge in [-0.25, -0.2) is 4.79 Å². The lowest BCUT2D eigenvalue weighted by molar-refractivity contribution is -0.742. The molecule has 0 aromatic carbocycles. The highest BCUT2D eigenvalue weighted by Gasteiger charge is 2.47. The highest BCUT2D eigenvalue weighted by Crippen LogP contribution is 2.32. The molecule has 102 valence electrons. The van der Waals surface area contributed by atoms with Crippen molar-refractivity contribution in [3.8, 4) is 0 Å². The molecule has 2 rings (SSSR count). The molecule has 0 amide bonds. The predicted octanol–water partition coefficient (Wildman–Crippen LogP) is 0.756. The van der Waals surface area contributed by atoms with Crippen LogP contribution in [0.4, 0.5) is 0 Å². The molecule has 0 unspecified atom stereocenters. The Bertz CT molecular complexity index is 348. The fourth-order valence-corrected chi connectivity index (χ4v) is 2.70. The van der Waals surface area contributed by atoms with E-state index in [1.54, 1.807) is 6.92 Å². The first-order chi connectivity index (χ1) is 8.65. The van der Waals surface area contributed by atoms with Crippen molar-refractivity contribution >= 4 is 11.7 Å². The van der Waals surface area contributed by atoms with Crippen LogP contribution in [0.25, 0.3) is 0 Å². The molecule has 18 heavy (non-hydrogen) atoms. The minimum Gasteiger partial charge on any atom is -0.458 e. The Labute approximate surface area is 106 Å². The lowest BCUT2D eigenvalue weighted by Gasteiger charge is -2.28. The molecule has 1 heterocycles. The number of aliphatic hydroxyl groups is 1. The largest absolute Gasteiger partial charge is 0.458 e. The minimum atomic E-state index is -1.18. The van der Waals surface area contributed by atoms with Gasteiger partial charge in [-0.15, -0.1) is 0 Å². The third-order valence-corrected chi connectivity index (χ3v) is 3.60. The Morgan fingerprint density at radius 1 is 1.50 bits per heavy atom. The molecule has 6 nitrogen and oxygen atoms in total. The third-order valence-electron chi connectivity index (χ3n) is 3.60. The molecule has 0 bridgehead atoms. The van der Waals surface area contributed by atoms with Gasteiger partial charge in [0.25, 0.3) is 0 Å². The molecule has 2 atom stereocenters. The van der Waals surface area contributed by atoms with E-state index in [2.05, 4.69) is 0 Å². The van der Waals surface area contributed by atoms with E-state index in [0.717, 1.165) is 25.7 Å². The maximum atomic E-state index is 11.6. The molecule has 6 heteroatoms. The first-order valence-corrected chi connectivity index (χ1v) is 6.51. The van der Waals surface area contributed by atoms with Gasteiger partial charge in [-0.05, 0) is 25.7 Å². The number of esters is 1. The summed E-state index contributed by atoms with van der Waals surface area (Å²) in [5, 5.41) is 21.6. The zero-order valence-electron chi connectivity index (χ0n) is 10.5. The fraction of sp³-hybridized carbons (Fsp3) is 0.833. The van der Waals surface area contributed by atoms with E-state index >= 15 is 0 Å². The molecule has 0 aromatic rings. The number of ether oxygens (including phenoxy) is 1. The summed E-state index contributed by atoms with van der Waals surface area (Å²) >= 11 is 0. The van der Waals surface area contributed by atoms with Crippen LogP contribution in [0.2, 0.25) is 0 Å². The summed E-state index contributed by atoms with van der Waals surface area (Å²) in [5.41, 5.74) is -0.326. The van der Waals surface area contributed by atoms with Gasteiger partial charge in [0.15, 0.2) is 6.10 Å². The molecule has 1 aliphatic heterocycles. The Morgan fingerprint density at radius 2 is 2.17 bits per heavy atom. The summed E-state index contributed by atoms with van der Waals surface area (Å²) in [6, 6.07) is 0. The zero-order valence-corrected chi connectivity index (χ0v) is 10.5. The standard InChI is InChI=1S/C12H19NO5/c1-2-17-12(15)9-10(14)11(18-13(9)16)8-6-4-3-5-7-8/h8,10-11,14H,2-7H2,1H3/t10-,11+/m0/s1. The Balaban J connectivity index is 2.05. The lowest BCUT2D eigenvalue weighted by Crippen LogP contribution is -2.39. The molecule has 1 aliphatic carbocycles. The molecule has 0 saturated heterocycles. The summed E-state index contributed by atoms with van der Waals surface area (Å²) in [6.45, 7) is 1.81. The molecular formula is C12H19NO5. The second-order valence-corrected chi connectivity index (χ2v) is 4.78. The van der Waals surface area contributed by atoms with E-state index in [1.165, 1.54) is 6.42 Å². The van der Waals surface area contributed by atoms with Crippen LogP contribution in [0.15, 0.2) is 0 Å². The maximum Gasteiger partial charge on any atom is 0.408 e. The first-order valence-electron chi connectivity index (χ1n) is 6.51. The number of hydrogen-bond acceptors (Lipinski definition) is 5. The van der Waals surface area contributed by atoms with E-state index in [9.17, 15) is 15.1 Å². The predicted molar refractivity (Wildman–Crippen MR) is 62.7 cm³/mol. The van der Waals surface area contributed by atoms with E-state index < -0.39 is 18.2 Å². The molecule has 0 radical (unpaired) electrons. The summed E-state index contributed by atoms with van der Waals surface area (Å²) < 4.78 is 4.74. The van der Waals surface area contributed by atoms with Crippen LogP contribution in [0.1, 0.15) is 39.0 Å². The zero-order chi connectivity index (χ0) is 13.1. The first kappa shape index (κ1) is 13.1. The number of carbonyl (C=O) groups is 1. The second kappa shape index (κ2) is 5.56. The van der Waals surface area contributed by atoms with Crippen LogP contribution in [-0.4, -0.2) is 40.5 Å². The van der Waals surface area contributed by atoms with Crippen LogP contribution in [0.5, 0.6) is 0 Å². The van der Waals surface area contributed by atoms with Crippen molar-refractivity contribution in [1.82, 2.24) is 0 Å². The monoisotopic (exact) mass is 257 g/mol. The SMILES string of the molecule is CCOC(=O)C1=[N+]([O-])O[C@H](C2CCCCC2)[C@H]1O. The third kappa shape index (κ3) is 2.43. The lowest BCUT2D eigenvalue weighted by atomic mass is 9.83. The molecule has 2 aliphatic rings. The smallest absolute Gasteiger partial charge is 0.408 e. The Kier molecular flexibility index (Phi) is 4.06. The molecule has 1 fully saturated rings. The van der Waals surface area contributed by atoms with E-state index in [-0.39, 0.29) is 23.1 Å². The number of carbonyl (C=O) groups excluding carboxylic acids is 1. The molecule has 0 spiro atoms. The normalized spacial score (nSPS) is 29.2. The van der Waals surface area contributed by atoms with Gasteiger partial charge < -0.3 is 14.7 Å². The van der Waals surface area contributed by atoms with Crippen molar-refractivity contribution in [2.75, 3.05) is 6.61 Å². The topological polar surface area (TPSA) is 81.8 Å². The van der Waals surface area contributed by atoms with E-state index in [0.29, 0.717) is 0 Å². The summed E-state index contributed by atoms with van der Waals surface area (Å²) in [5.74, 6) is -0.657. The average Bonchev–Trinajstić information content (AvgIpc) is 2.66.